The van der Waals surface area contributed by atoms with E-state index in [1.54, 1.807) is 10.9 Å². The van der Waals surface area contributed by atoms with Gasteiger partial charge in [0.1, 0.15) is 11.8 Å². The highest BCUT2D eigenvalue weighted by molar-refractivity contribution is 5.74. The lowest BCUT2D eigenvalue weighted by molar-refractivity contribution is -0.121. The summed E-state index contributed by atoms with van der Waals surface area (Å²) in [6.45, 7) is 1.51. The number of amides is 1. The number of carbonyl (C=O) groups is 1. The van der Waals surface area contributed by atoms with E-state index in [0.717, 1.165) is 37.7 Å². The Kier molecular flexibility index (Phi) is 4.06. The first-order valence-corrected chi connectivity index (χ1v) is 8.64. The van der Waals surface area contributed by atoms with Crippen LogP contribution >= 0.6 is 0 Å². The molecule has 0 bridgehead atoms. The van der Waals surface area contributed by atoms with Crippen LogP contribution in [0.25, 0.3) is 23.0 Å². The summed E-state index contributed by atoms with van der Waals surface area (Å²) in [5, 5.41) is 11.3. The number of carbonyl (C=O) groups excluding carboxylic acids is 1. The van der Waals surface area contributed by atoms with Gasteiger partial charge in [-0.3, -0.25) is 9.48 Å². The van der Waals surface area contributed by atoms with Gasteiger partial charge in [-0.25, -0.2) is 4.98 Å². The maximum atomic E-state index is 11.7. The fraction of sp³-hybridized carbons (Fsp3) is 0.471. The van der Waals surface area contributed by atoms with E-state index in [1.165, 1.54) is 13.2 Å². The number of nitrogens with zero attached hydrogens (tertiary/aromatic N) is 5. The molecule has 136 valence electrons. The molecular formula is C17H20N6O3. The van der Waals surface area contributed by atoms with Crippen molar-refractivity contribution in [1.82, 2.24) is 30.2 Å². The topological polar surface area (TPSA) is 112 Å². The van der Waals surface area contributed by atoms with Crippen molar-refractivity contribution in [2.24, 2.45) is 7.05 Å². The lowest BCUT2D eigenvalue weighted by atomic mass is 9.81. The largest absolute Gasteiger partial charge is 0.444 e. The van der Waals surface area contributed by atoms with E-state index in [4.69, 9.17) is 8.94 Å². The molecule has 26 heavy (non-hydrogen) atoms. The number of aromatic nitrogens is 5. The molecule has 0 unspecified atom stereocenters. The van der Waals surface area contributed by atoms with E-state index in [1.807, 2.05) is 13.2 Å². The summed E-state index contributed by atoms with van der Waals surface area (Å²) < 4.78 is 12.6. The van der Waals surface area contributed by atoms with E-state index in [2.05, 4.69) is 25.5 Å². The molecular weight excluding hydrogens is 336 g/mol. The van der Waals surface area contributed by atoms with Crippen LogP contribution in [0.3, 0.4) is 0 Å². The minimum Gasteiger partial charge on any atom is -0.444 e. The average molecular weight is 356 g/mol. The van der Waals surface area contributed by atoms with Crippen LogP contribution in [-0.2, 0) is 17.4 Å². The highest BCUT2D eigenvalue weighted by atomic mass is 16.5. The van der Waals surface area contributed by atoms with Crippen LogP contribution in [0.1, 0.15) is 44.9 Å². The first-order chi connectivity index (χ1) is 12.6. The molecule has 3 aromatic heterocycles. The van der Waals surface area contributed by atoms with Crippen molar-refractivity contribution in [3.63, 3.8) is 0 Å². The Hall–Kier alpha value is -2.97. The number of nitrogens with one attached hydrogen (secondary N) is 1. The fourth-order valence-electron chi connectivity index (χ4n) is 3.45. The third-order valence-corrected chi connectivity index (χ3v) is 4.65. The molecule has 0 radical (unpaired) electrons. The zero-order chi connectivity index (χ0) is 18.1. The van der Waals surface area contributed by atoms with Gasteiger partial charge in [-0.15, -0.1) is 0 Å². The molecule has 0 saturated heterocycles. The first-order valence-electron chi connectivity index (χ1n) is 8.64. The molecule has 1 saturated carbocycles. The van der Waals surface area contributed by atoms with Gasteiger partial charge in [-0.1, -0.05) is 24.4 Å². The van der Waals surface area contributed by atoms with Crippen molar-refractivity contribution >= 4 is 5.91 Å². The van der Waals surface area contributed by atoms with Gasteiger partial charge in [0.2, 0.25) is 11.8 Å². The molecule has 0 atom stereocenters. The van der Waals surface area contributed by atoms with Crippen LogP contribution in [0.5, 0.6) is 0 Å². The molecule has 1 N–H and O–H groups in total. The Morgan fingerprint density at radius 1 is 1.23 bits per heavy atom. The van der Waals surface area contributed by atoms with Gasteiger partial charge in [-0.2, -0.15) is 10.1 Å². The summed E-state index contributed by atoms with van der Waals surface area (Å²) in [6.07, 6.45) is 9.72. The summed E-state index contributed by atoms with van der Waals surface area (Å²) in [7, 11) is 1.82. The number of rotatable bonds is 4. The van der Waals surface area contributed by atoms with E-state index >= 15 is 0 Å². The number of hydrogen-bond donors (Lipinski definition) is 1. The zero-order valence-electron chi connectivity index (χ0n) is 14.7. The van der Waals surface area contributed by atoms with Crippen LogP contribution in [0, 0.1) is 0 Å². The van der Waals surface area contributed by atoms with Crippen LogP contribution in [0.4, 0.5) is 0 Å². The SMILES string of the molecule is CC(=O)NC1(c2noc(-c3coc(-c4cnn(C)c4)n3)n2)CCCCC1. The molecule has 0 aromatic carbocycles. The van der Waals surface area contributed by atoms with Gasteiger partial charge in [0.05, 0.1) is 11.8 Å². The summed E-state index contributed by atoms with van der Waals surface area (Å²) >= 11 is 0. The Balaban J connectivity index is 1.63. The summed E-state index contributed by atoms with van der Waals surface area (Å²) in [5.41, 5.74) is 0.652. The van der Waals surface area contributed by atoms with Gasteiger partial charge < -0.3 is 14.3 Å². The average Bonchev–Trinajstić information content (AvgIpc) is 3.35. The van der Waals surface area contributed by atoms with Gasteiger partial charge in [0.25, 0.3) is 5.89 Å². The number of hydrogen-bond acceptors (Lipinski definition) is 7. The van der Waals surface area contributed by atoms with E-state index < -0.39 is 5.54 Å². The second-order valence-corrected chi connectivity index (χ2v) is 6.69. The van der Waals surface area contributed by atoms with Gasteiger partial charge in [0.15, 0.2) is 11.5 Å². The summed E-state index contributed by atoms with van der Waals surface area (Å²) in [4.78, 5) is 20.6. The van der Waals surface area contributed by atoms with Crippen molar-refractivity contribution in [1.29, 1.82) is 0 Å². The van der Waals surface area contributed by atoms with Crippen LogP contribution in [0.2, 0.25) is 0 Å². The molecule has 4 rings (SSSR count). The molecule has 1 amide bonds. The Morgan fingerprint density at radius 2 is 2.04 bits per heavy atom. The lowest BCUT2D eigenvalue weighted by Gasteiger charge is -2.34. The molecule has 0 aliphatic heterocycles. The molecule has 1 fully saturated rings. The third-order valence-electron chi connectivity index (χ3n) is 4.65. The Labute approximate surface area is 149 Å². The first kappa shape index (κ1) is 16.5. The van der Waals surface area contributed by atoms with Crippen molar-refractivity contribution in [2.75, 3.05) is 0 Å². The van der Waals surface area contributed by atoms with Crippen LogP contribution < -0.4 is 5.32 Å². The monoisotopic (exact) mass is 356 g/mol. The highest BCUT2D eigenvalue weighted by Gasteiger charge is 2.39. The van der Waals surface area contributed by atoms with Crippen LogP contribution in [0.15, 0.2) is 27.6 Å². The van der Waals surface area contributed by atoms with Gasteiger partial charge in [0, 0.05) is 20.2 Å². The fourth-order valence-corrected chi connectivity index (χ4v) is 3.45. The maximum absolute atomic E-state index is 11.7. The maximum Gasteiger partial charge on any atom is 0.279 e. The molecule has 9 nitrogen and oxygen atoms in total. The molecule has 9 heteroatoms. The summed E-state index contributed by atoms with van der Waals surface area (Å²) in [5.74, 6) is 1.10. The zero-order valence-corrected chi connectivity index (χ0v) is 14.7. The lowest BCUT2D eigenvalue weighted by Crippen LogP contribution is -2.47. The Morgan fingerprint density at radius 3 is 2.73 bits per heavy atom. The minimum absolute atomic E-state index is 0.0986. The highest BCUT2D eigenvalue weighted by Crippen LogP contribution is 2.36. The number of aryl methyl sites for hydroxylation is 1. The summed E-state index contributed by atoms with van der Waals surface area (Å²) in [6, 6.07) is 0. The third kappa shape index (κ3) is 3.00. The predicted octanol–water partition coefficient (Wildman–Crippen LogP) is 2.42. The predicted molar refractivity (Wildman–Crippen MR) is 90.6 cm³/mol. The molecule has 3 heterocycles. The van der Waals surface area contributed by atoms with Crippen molar-refractivity contribution < 1.29 is 13.7 Å². The normalized spacial score (nSPS) is 16.5. The van der Waals surface area contributed by atoms with Gasteiger partial charge >= 0.3 is 0 Å². The Bertz CT molecular complexity index is 918. The molecule has 1 aliphatic carbocycles. The van der Waals surface area contributed by atoms with Gasteiger partial charge in [-0.05, 0) is 12.8 Å². The van der Waals surface area contributed by atoms with Crippen molar-refractivity contribution in [3.05, 3.63) is 24.5 Å². The quantitative estimate of drug-likeness (QED) is 0.764. The second kappa shape index (κ2) is 6.40. The molecule has 3 aromatic rings. The van der Waals surface area contributed by atoms with Crippen molar-refractivity contribution in [3.8, 4) is 23.0 Å². The van der Waals surface area contributed by atoms with Crippen molar-refractivity contribution in [2.45, 2.75) is 44.6 Å². The van der Waals surface area contributed by atoms with E-state index in [-0.39, 0.29) is 11.8 Å². The van der Waals surface area contributed by atoms with Crippen LogP contribution in [-0.4, -0.2) is 30.8 Å². The smallest absolute Gasteiger partial charge is 0.279 e. The van der Waals surface area contributed by atoms with E-state index in [9.17, 15) is 4.79 Å². The second-order valence-electron chi connectivity index (χ2n) is 6.69. The van der Waals surface area contributed by atoms with E-state index in [0.29, 0.717) is 17.4 Å². The standard InChI is InChI=1S/C17H20N6O3/c1-11(24)21-17(6-4-3-5-7-17)16-20-15(26-22-16)13-10-25-14(19-13)12-8-18-23(2)9-12/h8-10H,3-7H2,1-2H3,(H,21,24). The molecule has 1 aliphatic rings. The molecule has 0 spiro atoms. The number of oxazole rings is 1. The minimum atomic E-state index is -0.568.